The van der Waals surface area contributed by atoms with E-state index in [0.29, 0.717) is 18.4 Å². The topological polar surface area (TPSA) is 45.2 Å². The summed E-state index contributed by atoms with van der Waals surface area (Å²) in [6.07, 6.45) is 4.69. The van der Waals surface area contributed by atoms with Gasteiger partial charge in [0.05, 0.1) is 6.42 Å². The summed E-state index contributed by atoms with van der Waals surface area (Å²) in [6.45, 7) is 9.55. The first-order chi connectivity index (χ1) is 10.1. The Kier molecular flexibility index (Phi) is 5.74. The van der Waals surface area contributed by atoms with Crippen LogP contribution in [0.1, 0.15) is 37.9 Å². The van der Waals surface area contributed by atoms with Gasteiger partial charge < -0.3 is 5.32 Å². The number of aromatic nitrogens is 1. The third kappa shape index (κ3) is 4.81. The number of amides is 1. The average Bonchev–Trinajstić information content (AvgIpc) is 2.92. The monoisotopic (exact) mass is 289 g/mol. The van der Waals surface area contributed by atoms with Crippen LogP contribution in [0.2, 0.25) is 0 Å². The Balaban J connectivity index is 1.84. The maximum atomic E-state index is 12.1. The second kappa shape index (κ2) is 7.55. The highest BCUT2D eigenvalue weighted by Crippen LogP contribution is 2.17. The van der Waals surface area contributed by atoms with Gasteiger partial charge in [0.25, 0.3) is 0 Å². The Morgan fingerprint density at radius 1 is 1.38 bits per heavy atom. The molecule has 0 aromatic carbocycles. The van der Waals surface area contributed by atoms with E-state index in [-0.39, 0.29) is 5.91 Å². The lowest BCUT2D eigenvalue weighted by Gasteiger charge is -2.31. The highest BCUT2D eigenvalue weighted by atomic mass is 16.1. The average molecular weight is 289 g/mol. The Morgan fingerprint density at radius 3 is 2.71 bits per heavy atom. The van der Waals surface area contributed by atoms with Gasteiger partial charge in [0.2, 0.25) is 5.91 Å². The zero-order valence-corrected chi connectivity index (χ0v) is 13.4. The Bertz CT molecular complexity index is 467. The van der Waals surface area contributed by atoms with E-state index in [2.05, 4.69) is 29.0 Å². The summed E-state index contributed by atoms with van der Waals surface area (Å²) in [6, 6.07) is 4.37. The molecule has 0 saturated carbocycles. The van der Waals surface area contributed by atoms with Crippen molar-refractivity contribution >= 4 is 5.91 Å². The smallest absolute Gasteiger partial charge is 0.226 e. The molecule has 1 fully saturated rings. The van der Waals surface area contributed by atoms with Gasteiger partial charge in [-0.15, -0.1) is 0 Å². The van der Waals surface area contributed by atoms with E-state index in [0.717, 1.165) is 30.9 Å². The number of aryl methyl sites for hydroxylation is 1. The molecule has 0 aliphatic carbocycles. The third-order valence-electron chi connectivity index (χ3n) is 4.20. The minimum Gasteiger partial charge on any atom is -0.354 e. The molecule has 1 saturated heterocycles. The summed E-state index contributed by atoms with van der Waals surface area (Å²) in [5, 5.41) is 3.09. The summed E-state index contributed by atoms with van der Waals surface area (Å²) in [7, 11) is 0. The lowest BCUT2D eigenvalue weighted by Crippen LogP contribution is -2.46. The Morgan fingerprint density at radius 2 is 2.10 bits per heavy atom. The summed E-state index contributed by atoms with van der Waals surface area (Å²) in [5.74, 6) is 0.624. The van der Waals surface area contributed by atoms with Crippen LogP contribution in [-0.4, -0.2) is 41.5 Å². The molecule has 2 heterocycles. The second-order valence-corrected chi connectivity index (χ2v) is 6.36. The van der Waals surface area contributed by atoms with E-state index in [4.69, 9.17) is 0 Å². The predicted octanol–water partition coefficient (Wildman–Crippen LogP) is 2.17. The minimum absolute atomic E-state index is 0.0675. The van der Waals surface area contributed by atoms with Crippen molar-refractivity contribution in [3.8, 4) is 0 Å². The molecule has 116 valence electrons. The van der Waals surface area contributed by atoms with Crippen LogP contribution < -0.4 is 5.32 Å². The molecular formula is C17H27N3O. The fourth-order valence-corrected chi connectivity index (χ4v) is 3.00. The number of pyridine rings is 1. The van der Waals surface area contributed by atoms with Gasteiger partial charge in [0.15, 0.2) is 0 Å². The number of hydrogen-bond acceptors (Lipinski definition) is 3. The van der Waals surface area contributed by atoms with Gasteiger partial charge in [0.1, 0.15) is 0 Å². The maximum Gasteiger partial charge on any atom is 0.226 e. The molecule has 1 aliphatic heterocycles. The minimum atomic E-state index is 0.0675. The molecule has 1 aromatic heterocycles. The van der Waals surface area contributed by atoms with E-state index in [9.17, 15) is 4.79 Å². The molecule has 1 N–H and O–H groups in total. The molecule has 4 heteroatoms. The summed E-state index contributed by atoms with van der Waals surface area (Å²) in [5.41, 5.74) is 1.99. The van der Waals surface area contributed by atoms with Gasteiger partial charge in [-0.05, 0) is 56.5 Å². The fourth-order valence-electron chi connectivity index (χ4n) is 3.00. The van der Waals surface area contributed by atoms with E-state index in [1.807, 2.05) is 19.1 Å². The largest absolute Gasteiger partial charge is 0.354 e. The first-order valence-electron chi connectivity index (χ1n) is 7.98. The lowest BCUT2D eigenvalue weighted by atomic mass is 10.0. The zero-order valence-electron chi connectivity index (χ0n) is 13.4. The number of hydrogen-bond donors (Lipinski definition) is 1. The van der Waals surface area contributed by atoms with Gasteiger partial charge in [-0.3, -0.25) is 14.7 Å². The quantitative estimate of drug-likeness (QED) is 0.873. The molecule has 0 unspecified atom stereocenters. The van der Waals surface area contributed by atoms with Gasteiger partial charge in [-0.25, -0.2) is 0 Å². The standard InChI is InChI=1S/C17H27N3O/c1-13(2)16(20-8-4-5-9-20)12-19-17(21)11-15-10-14(3)6-7-18-15/h6-7,10,13,16H,4-5,8-9,11-12H2,1-3H3,(H,19,21)/t16-/m1/s1. The highest BCUT2D eigenvalue weighted by molar-refractivity contribution is 5.78. The molecule has 0 spiro atoms. The number of carbonyl (C=O) groups excluding carboxylic acids is 1. The first kappa shape index (κ1) is 16.0. The van der Waals surface area contributed by atoms with Gasteiger partial charge in [0, 0.05) is 24.5 Å². The van der Waals surface area contributed by atoms with Gasteiger partial charge in [-0.2, -0.15) is 0 Å². The van der Waals surface area contributed by atoms with Gasteiger partial charge in [-0.1, -0.05) is 13.8 Å². The van der Waals surface area contributed by atoms with Crippen molar-refractivity contribution in [1.82, 2.24) is 15.2 Å². The fraction of sp³-hybridized carbons (Fsp3) is 0.647. The molecule has 21 heavy (non-hydrogen) atoms. The van der Waals surface area contributed by atoms with Gasteiger partial charge >= 0.3 is 0 Å². The van der Waals surface area contributed by atoms with Crippen molar-refractivity contribution in [2.45, 2.75) is 46.1 Å². The van der Waals surface area contributed by atoms with E-state index < -0.39 is 0 Å². The van der Waals surface area contributed by atoms with E-state index in [1.165, 1.54) is 12.8 Å². The van der Waals surface area contributed by atoms with Crippen LogP contribution in [0.15, 0.2) is 18.3 Å². The van der Waals surface area contributed by atoms with Crippen molar-refractivity contribution in [3.63, 3.8) is 0 Å². The lowest BCUT2D eigenvalue weighted by molar-refractivity contribution is -0.120. The number of nitrogens with one attached hydrogen (secondary N) is 1. The molecule has 1 amide bonds. The number of likely N-dealkylation sites (tertiary alicyclic amines) is 1. The zero-order chi connectivity index (χ0) is 15.2. The van der Waals surface area contributed by atoms with Crippen molar-refractivity contribution in [2.24, 2.45) is 5.92 Å². The highest BCUT2D eigenvalue weighted by Gasteiger charge is 2.24. The summed E-state index contributed by atoms with van der Waals surface area (Å²) >= 11 is 0. The van der Waals surface area contributed by atoms with Crippen molar-refractivity contribution in [3.05, 3.63) is 29.6 Å². The second-order valence-electron chi connectivity index (χ2n) is 6.36. The van der Waals surface area contributed by atoms with Crippen LogP contribution in [-0.2, 0) is 11.2 Å². The maximum absolute atomic E-state index is 12.1. The molecule has 0 bridgehead atoms. The molecule has 0 radical (unpaired) electrons. The molecule has 1 atom stereocenters. The number of rotatable bonds is 6. The molecule has 2 rings (SSSR count). The van der Waals surface area contributed by atoms with Crippen LogP contribution in [0.4, 0.5) is 0 Å². The van der Waals surface area contributed by atoms with Crippen LogP contribution in [0.3, 0.4) is 0 Å². The van der Waals surface area contributed by atoms with Crippen molar-refractivity contribution < 1.29 is 4.79 Å². The van der Waals surface area contributed by atoms with E-state index in [1.54, 1.807) is 6.20 Å². The van der Waals surface area contributed by atoms with Crippen LogP contribution in [0.5, 0.6) is 0 Å². The number of carbonyl (C=O) groups is 1. The molecule has 4 nitrogen and oxygen atoms in total. The van der Waals surface area contributed by atoms with Crippen molar-refractivity contribution in [1.29, 1.82) is 0 Å². The third-order valence-corrected chi connectivity index (χ3v) is 4.20. The molecule has 1 aromatic rings. The first-order valence-corrected chi connectivity index (χ1v) is 7.98. The normalized spacial score (nSPS) is 17.1. The Hall–Kier alpha value is -1.42. The van der Waals surface area contributed by atoms with Crippen molar-refractivity contribution in [2.75, 3.05) is 19.6 Å². The SMILES string of the molecule is Cc1ccnc(CC(=O)NC[C@H](C(C)C)N2CCCC2)c1. The predicted molar refractivity (Wildman–Crippen MR) is 85.1 cm³/mol. The van der Waals surface area contributed by atoms with Crippen LogP contribution in [0.25, 0.3) is 0 Å². The molecular weight excluding hydrogens is 262 g/mol. The van der Waals surface area contributed by atoms with E-state index >= 15 is 0 Å². The number of nitrogens with zero attached hydrogens (tertiary/aromatic N) is 2. The molecule has 1 aliphatic rings. The Labute approximate surface area is 127 Å². The summed E-state index contributed by atoms with van der Waals surface area (Å²) in [4.78, 5) is 18.9. The van der Waals surface area contributed by atoms with Crippen LogP contribution >= 0.6 is 0 Å². The summed E-state index contributed by atoms with van der Waals surface area (Å²) < 4.78 is 0. The van der Waals surface area contributed by atoms with Crippen LogP contribution in [0, 0.1) is 12.8 Å².